The van der Waals surface area contributed by atoms with E-state index in [-0.39, 0.29) is 28.3 Å². The van der Waals surface area contributed by atoms with Gasteiger partial charge >= 0.3 is 5.97 Å². The summed E-state index contributed by atoms with van der Waals surface area (Å²) >= 11 is 0. The normalized spacial score (nSPS) is 51.3. The van der Waals surface area contributed by atoms with Gasteiger partial charge in [0.15, 0.2) is 6.10 Å². The van der Waals surface area contributed by atoms with Crippen LogP contribution in [0.15, 0.2) is 0 Å². The van der Waals surface area contributed by atoms with Crippen molar-refractivity contribution in [1.29, 1.82) is 0 Å². The third-order valence-corrected chi connectivity index (χ3v) is 14.9. The van der Waals surface area contributed by atoms with Crippen LogP contribution >= 0.6 is 0 Å². The number of carbonyl (C=O) groups is 1. The van der Waals surface area contributed by atoms with Gasteiger partial charge in [-0.1, -0.05) is 34.6 Å². The van der Waals surface area contributed by atoms with Gasteiger partial charge in [0, 0.05) is 32.0 Å². The molecule has 13 atom stereocenters. The lowest BCUT2D eigenvalue weighted by Crippen LogP contribution is -2.61. The molecule has 0 bridgehead atoms. The van der Waals surface area contributed by atoms with Crippen molar-refractivity contribution in [2.75, 3.05) is 20.3 Å². The first-order valence-electron chi connectivity index (χ1n) is 17.0. The first-order chi connectivity index (χ1) is 19.5. The molecule has 5 saturated carbocycles. The first-order valence-corrected chi connectivity index (χ1v) is 17.0. The zero-order chi connectivity index (χ0) is 30.7. The summed E-state index contributed by atoms with van der Waals surface area (Å²) in [6, 6.07) is 0.522. The minimum atomic E-state index is -1.24. The van der Waals surface area contributed by atoms with Crippen LogP contribution in [-0.4, -0.2) is 72.5 Å². The molecular weight excluding hydrogens is 530 g/mol. The Morgan fingerprint density at radius 1 is 1.07 bits per heavy atom. The Labute approximate surface area is 254 Å². The van der Waals surface area contributed by atoms with Crippen molar-refractivity contribution in [3.8, 4) is 0 Å². The van der Waals surface area contributed by atoms with Crippen molar-refractivity contribution in [3.05, 3.63) is 0 Å². The van der Waals surface area contributed by atoms with E-state index in [1.54, 1.807) is 21.0 Å². The summed E-state index contributed by atoms with van der Waals surface area (Å²) in [5, 5.41) is 27.3. The van der Waals surface area contributed by atoms with E-state index in [9.17, 15) is 15.0 Å². The predicted octanol–water partition coefficient (Wildman–Crippen LogP) is 5.11. The molecule has 0 amide bonds. The van der Waals surface area contributed by atoms with Crippen LogP contribution in [0.4, 0.5) is 0 Å². The second-order valence-electron chi connectivity index (χ2n) is 17.2. The second-order valence-corrected chi connectivity index (χ2v) is 17.2. The average molecular weight is 590 g/mol. The van der Waals surface area contributed by atoms with Gasteiger partial charge in [0.1, 0.15) is 0 Å². The van der Waals surface area contributed by atoms with Gasteiger partial charge in [-0.2, -0.15) is 0 Å². The van der Waals surface area contributed by atoms with E-state index in [2.05, 4.69) is 39.9 Å². The number of esters is 1. The molecule has 6 aliphatic rings. The second kappa shape index (κ2) is 9.88. The fourth-order valence-corrected chi connectivity index (χ4v) is 13.1. The summed E-state index contributed by atoms with van der Waals surface area (Å²) < 4.78 is 17.8. The Kier molecular flexibility index (Phi) is 7.36. The highest BCUT2D eigenvalue weighted by atomic mass is 16.6. The lowest BCUT2D eigenvalue weighted by atomic mass is 9.41. The van der Waals surface area contributed by atoms with Crippen LogP contribution in [0.2, 0.25) is 0 Å². The van der Waals surface area contributed by atoms with E-state index in [4.69, 9.17) is 14.2 Å². The van der Waals surface area contributed by atoms with E-state index in [1.807, 2.05) is 0 Å². The molecule has 0 radical (unpaired) electrons. The number of hydrogen-bond donors (Lipinski definition) is 3. The molecule has 240 valence electrons. The maximum absolute atomic E-state index is 12.5. The lowest BCUT2D eigenvalue weighted by Gasteiger charge is -2.64. The van der Waals surface area contributed by atoms with Crippen LogP contribution in [-0.2, 0) is 19.0 Å². The van der Waals surface area contributed by atoms with Gasteiger partial charge in [-0.15, -0.1) is 0 Å². The van der Waals surface area contributed by atoms with Crippen LogP contribution in [0, 0.1) is 50.7 Å². The molecule has 3 N–H and O–H groups in total. The maximum Gasteiger partial charge on any atom is 0.303 e. The fourth-order valence-electron chi connectivity index (χ4n) is 13.1. The molecule has 1 heterocycles. The standard InChI is InChI=1S/C35H59NO6/c1-20-18-22(29(31(5,6)39)41-21(2)37)42-27-26(20)32(7)14-15-35-19-34(35)13-12-25(36-16-17-40-9)30(3,4)23(34)10-11-24(35)33(32,8)28(27)38/h20,22-29,36,38-39H,10-19H2,1-9H3/t20-,22-,23+,24+,25+,26?,27?,28+,29+,32-,33-,34-,35+/m1/s1. The van der Waals surface area contributed by atoms with Crippen molar-refractivity contribution >= 4 is 5.97 Å². The Balaban J connectivity index is 1.29. The number of aliphatic hydroxyl groups is 2. The van der Waals surface area contributed by atoms with Gasteiger partial charge < -0.3 is 29.7 Å². The molecule has 2 unspecified atom stereocenters. The van der Waals surface area contributed by atoms with Crippen LogP contribution < -0.4 is 5.32 Å². The number of ether oxygens (including phenoxy) is 3. The maximum atomic E-state index is 12.5. The van der Waals surface area contributed by atoms with Crippen LogP contribution in [0.3, 0.4) is 0 Å². The van der Waals surface area contributed by atoms with Gasteiger partial charge in [0.2, 0.25) is 0 Å². The smallest absolute Gasteiger partial charge is 0.303 e. The Bertz CT molecular complexity index is 1070. The first kappa shape index (κ1) is 31.3. The molecule has 5 aliphatic carbocycles. The summed E-state index contributed by atoms with van der Waals surface area (Å²) in [5.74, 6) is 1.32. The predicted molar refractivity (Wildman–Crippen MR) is 162 cm³/mol. The van der Waals surface area contributed by atoms with E-state index in [0.29, 0.717) is 34.6 Å². The molecule has 6 rings (SSSR count). The molecule has 2 spiro atoms. The number of rotatable bonds is 7. The number of fused-ring (bicyclic) bond motifs is 4. The Morgan fingerprint density at radius 2 is 1.74 bits per heavy atom. The summed E-state index contributed by atoms with van der Waals surface area (Å²) in [5.41, 5.74) is -0.538. The van der Waals surface area contributed by atoms with E-state index >= 15 is 0 Å². The zero-order valence-corrected chi connectivity index (χ0v) is 27.8. The third kappa shape index (κ3) is 3.98. The number of aliphatic hydroxyl groups excluding tert-OH is 1. The molecule has 7 heteroatoms. The van der Waals surface area contributed by atoms with Crippen molar-refractivity contribution in [2.45, 2.75) is 143 Å². The van der Waals surface area contributed by atoms with Gasteiger partial charge in [-0.3, -0.25) is 4.79 Å². The molecule has 0 aromatic heterocycles. The molecular formula is C35H59NO6. The zero-order valence-electron chi connectivity index (χ0n) is 27.8. The molecule has 1 aliphatic heterocycles. The number of nitrogens with one attached hydrogen (secondary N) is 1. The molecule has 6 fully saturated rings. The highest BCUT2D eigenvalue weighted by Crippen LogP contribution is 2.89. The molecule has 0 aromatic rings. The quantitative estimate of drug-likeness (QED) is 0.281. The lowest BCUT2D eigenvalue weighted by molar-refractivity contribution is -0.216. The Hall–Kier alpha value is -0.730. The molecule has 1 saturated heterocycles. The number of carbonyl (C=O) groups excluding carboxylic acids is 1. The highest BCUT2D eigenvalue weighted by molar-refractivity contribution is 5.66. The highest BCUT2D eigenvalue weighted by Gasteiger charge is 2.84. The van der Waals surface area contributed by atoms with Crippen LogP contribution in [0.25, 0.3) is 0 Å². The minimum absolute atomic E-state index is 0.0197. The molecule has 7 nitrogen and oxygen atoms in total. The van der Waals surface area contributed by atoms with E-state index in [0.717, 1.165) is 26.0 Å². The summed E-state index contributed by atoms with van der Waals surface area (Å²) in [4.78, 5) is 12.0. The van der Waals surface area contributed by atoms with Gasteiger partial charge in [0.25, 0.3) is 0 Å². The summed E-state index contributed by atoms with van der Waals surface area (Å²) in [7, 11) is 1.78. The number of methoxy groups -OCH3 is 1. The number of hydrogen-bond acceptors (Lipinski definition) is 7. The van der Waals surface area contributed by atoms with Crippen molar-refractivity contribution in [2.24, 2.45) is 50.7 Å². The largest absolute Gasteiger partial charge is 0.457 e. The van der Waals surface area contributed by atoms with Crippen molar-refractivity contribution in [3.63, 3.8) is 0 Å². The van der Waals surface area contributed by atoms with Crippen molar-refractivity contribution in [1.82, 2.24) is 5.32 Å². The van der Waals surface area contributed by atoms with E-state index < -0.39 is 29.9 Å². The summed E-state index contributed by atoms with van der Waals surface area (Å²) in [6.45, 7) is 18.6. The van der Waals surface area contributed by atoms with Crippen molar-refractivity contribution < 1.29 is 29.2 Å². The van der Waals surface area contributed by atoms with E-state index in [1.165, 1.54) is 45.4 Å². The Morgan fingerprint density at radius 3 is 2.38 bits per heavy atom. The van der Waals surface area contributed by atoms with Crippen LogP contribution in [0.5, 0.6) is 0 Å². The van der Waals surface area contributed by atoms with Gasteiger partial charge in [-0.25, -0.2) is 0 Å². The summed E-state index contributed by atoms with van der Waals surface area (Å²) in [6.07, 6.45) is 7.29. The van der Waals surface area contributed by atoms with Gasteiger partial charge in [0.05, 0.1) is 30.5 Å². The molecule has 0 aromatic carbocycles. The molecule has 42 heavy (non-hydrogen) atoms. The van der Waals surface area contributed by atoms with Gasteiger partial charge in [-0.05, 0) is 111 Å². The topological polar surface area (TPSA) is 97.2 Å². The minimum Gasteiger partial charge on any atom is -0.457 e. The average Bonchev–Trinajstić information content (AvgIpc) is 3.52. The monoisotopic (exact) mass is 589 g/mol. The SMILES string of the molecule is COCCN[C@H]1CC[C@]23C[C@]24CC[C@]2(C)C5C(O[C@@H]([C@H](OC(C)=O)C(C)(C)O)C[C@H]5C)[C@H](O)[C@@]2(C)[C@@H]4CC[C@H]3C1(C)C. The van der Waals surface area contributed by atoms with Crippen LogP contribution in [0.1, 0.15) is 107 Å². The fraction of sp³-hybridized carbons (Fsp3) is 0.971. The third-order valence-electron chi connectivity index (χ3n) is 14.9.